The average molecular weight is 249 g/mol. The van der Waals surface area contributed by atoms with Gasteiger partial charge in [0.15, 0.2) is 0 Å². The van der Waals surface area contributed by atoms with Gasteiger partial charge < -0.3 is 10.1 Å². The highest BCUT2D eigenvalue weighted by molar-refractivity contribution is 5.22. The molecule has 0 amide bonds. The lowest BCUT2D eigenvalue weighted by Gasteiger charge is -2.30. The topological polar surface area (TPSA) is 21.3 Å². The van der Waals surface area contributed by atoms with E-state index in [1.165, 1.54) is 11.1 Å². The van der Waals surface area contributed by atoms with Gasteiger partial charge in [0.1, 0.15) is 0 Å². The SMILES string of the molecule is CCNC(Cc1ccc(C)cc1)C(OC)C(C)C. The molecule has 1 aromatic rings. The zero-order chi connectivity index (χ0) is 13.5. The standard InChI is InChI=1S/C16H27NO/c1-6-17-15(16(18-5)12(2)3)11-14-9-7-13(4)8-10-14/h7-10,12,15-17H,6,11H2,1-5H3. The Bertz CT molecular complexity index is 331. The van der Waals surface area contributed by atoms with Gasteiger partial charge in [-0.1, -0.05) is 50.6 Å². The molecule has 0 heterocycles. The fourth-order valence-corrected chi connectivity index (χ4v) is 2.45. The van der Waals surface area contributed by atoms with Crippen molar-refractivity contribution in [2.45, 2.75) is 46.3 Å². The molecule has 0 spiro atoms. The summed E-state index contributed by atoms with van der Waals surface area (Å²) in [6.45, 7) is 9.68. The Morgan fingerprint density at radius 2 is 1.78 bits per heavy atom. The van der Waals surface area contributed by atoms with Crippen LogP contribution in [0.4, 0.5) is 0 Å². The van der Waals surface area contributed by atoms with Crippen molar-refractivity contribution in [3.63, 3.8) is 0 Å². The number of rotatable bonds is 7. The summed E-state index contributed by atoms with van der Waals surface area (Å²) < 4.78 is 5.66. The van der Waals surface area contributed by atoms with Gasteiger partial charge in [0.25, 0.3) is 0 Å². The molecule has 0 saturated carbocycles. The van der Waals surface area contributed by atoms with Crippen molar-refractivity contribution in [2.24, 2.45) is 5.92 Å². The molecule has 102 valence electrons. The van der Waals surface area contributed by atoms with E-state index >= 15 is 0 Å². The Morgan fingerprint density at radius 1 is 1.17 bits per heavy atom. The number of nitrogens with one attached hydrogen (secondary N) is 1. The highest BCUT2D eigenvalue weighted by atomic mass is 16.5. The average Bonchev–Trinajstić information content (AvgIpc) is 2.32. The van der Waals surface area contributed by atoms with Gasteiger partial charge in [-0.3, -0.25) is 0 Å². The van der Waals surface area contributed by atoms with Crippen LogP contribution in [0.15, 0.2) is 24.3 Å². The molecule has 0 saturated heterocycles. The Labute approximate surface area is 112 Å². The van der Waals surface area contributed by atoms with Gasteiger partial charge in [-0.25, -0.2) is 0 Å². The monoisotopic (exact) mass is 249 g/mol. The summed E-state index contributed by atoms with van der Waals surface area (Å²) >= 11 is 0. The first-order valence-electron chi connectivity index (χ1n) is 6.90. The van der Waals surface area contributed by atoms with Crippen LogP contribution in [0.1, 0.15) is 31.9 Å². The molecule has 0 fully saturated rings. The Kier molecular flexibility index (Phi) is 6.37. The van der Waals surface area contributed by atoms with Crippen molar-refractivity contribution >= 4 is 0 Å². The van der Waals surface area contributed by atoms with Crippen LogP contribution in [-0.2, 0) is 11.2 Å². The number of aryl methyl sites for hydroxylation is 1. The molecule has 1 rings (SSSR count). The summed E-state index contributed by atoms with van der Waals surface area (Å²) in [5.41, 5.74) is 2.68. The van der Waals surface area contributed by atoms with E-state index in [1.54, 1.807) is 0 Å². The molecule has 1 N–H and O–H groups in total. The van der Waals surface area contributed by atoms with Crippen molar-refractivity contribution in [3.05, 3.63) is 35.4 Å². The molecule has 0 bridgehead atoms. The molecule has 2 atom stereocenters. The molecule has 1 aromatic carbocycles. The highest BCUT2D eigenvalue weighted by Crippen LogP contribution is 2.15. The maximum atomic E-state index is 5.66. The van der Waals surface area contributed by atoms with Gasteiger partial charge in [0.05, 0.1) is 6.10 Å². The van der Waals surface area contributed by atoms with E-state index in [9.17, 15) is 0 Å². The fourth-order valence-electron chi connectivity index (χ4n) is 2.45. The van der Waals surface area contributed by atoms with Crippen LogP contribution in [0.5, 0.6) is 0 Å². The van der Waals surface area contributed by atoms with E-state index in [0.717, 1.165) is 13.0 Å². The first-order valence-corrected chi connectivity index (χ1v) is 6.90. The lowest BCUT2D eigenvalue weighted by Crippen LogP contribution is -2.45. The third-order valence-electron chi connectivity index (χ3n) is 3.37. The van der Waals surface area contributed by atoms with Crippen molar-refractivity contribution in [3.8, 4) is 0 Å². The molecule has 2 unspecified atom stereocenters. The van der Waals surface area contributed by atoms with Gasteiger partial charge in [0, 0.05) is 13.2 Å². The van der Waals surface area contributed by atoms with Gasteiger partial charge >= 0.3 is 0 Å². The lowest BCUT2D eigenvalue weighted by molar-refractivity contribution is 0.0337. The Balaban J connectivity index is 2.75. The summed E-state index contributed by atoms with van der Waals surface area (Å²) in [4.78, 5) is 0. The first-order chi connectivity index (χ1) is 8.58. The van der Waals surface area contributed by atoms with Gasteiger partial charge in [-0.15, -0.1) is 0 Å². The van der Waals surface area contributed by atoms with Crippen LogP contribution in [0.3, 0.4) is 0 Å². The molecular formula is C16H27NO. The van der Waals surface area contributed by atoms with Crippen LogP contribution in [0.2, 0.25) is 0 Å². The van der Waals surface area contributed by atoms with Crippen molar-refractivity contribution < 1.29 is 4.74 Å². The normalized spacial score (nSPS) is 14.8. The molecule has 0 aromatic heterocycles. The first kappa shape index (κ1) is 15.2. The van der Waals surface area contributed by atoms with E-state index in [0.29, 0.717) is 12.0 Å². The molecule has 2 heteroatoms. The van der Waals surface area contributed by atoms with Crippen molar-refractivity contribution in [1.82, 2.24) is 5.32 Å². The molecule has 2 nitrogen and oxygen atoms in total. The second kappa shape index (κ2) is 7.55. The van der Waals surface area contributed by atoms with E-state index < -0.39 is 0 Å². The number of ether oxygens (including phenoxy) is 1. The number of methoxy groups -OCH3 is 1. The Hall–Kier alpha value is -0.860. The zero-order valence-corrected chi connectivity index (χ0v) is 12.4. The van der Waals surface area contributed by atoms with E-state index in [-0.39, 0.29) is 6.10 Å². The van der Waals surface area contributed by atoms with E-state index in [4.69, 9.17) is 4.74 Å². The summed E-state index contributed by atoms with van der Waals surface area (Å²) in [5.74, 6) is 0.518. The maximum absolute atomic E-state index is 5.66. The summed E-state index contributed by atoms with van der Waals surface area (Å²) in [5, 5.41) is 3.55. The smallest absolute Gasteiger partial charge is 0.0750 e. The minimum Gasteiger partial charge on any atom is -0.380 e. The Morgan fingerprint density at radius 3 is 2.22 bits per heavy atom. The second-order valence-corrected chi connectivity index (χ2v) is 5.30. The quantitative estimate of drug-likeness (QED) is 0.801. The van der Waals surface area contributed by atoms with Gasteiger partial charge in [0.2, 0.25) is 0 Å². The number of benzene rings is 1. The molecule has 0 aliphatic heterocycles. The van der Waals surface area contributed by atoms with Crippen LogP contribution in [0.25, 0.3) is 0 Å². The summed E-state index contributed by atoms with van der Waals surface area (Å²) in [7, 11) is 1.81. The van der Waals surface area contributed by atoms with E-state index in [1.807, 2.05) is 7.11 Å². The largest absolute Gasteiger partial charge is 0.380 e. The predicted molar refractivity (Wildman–Crippen MR) is 78.0 cm³/mol. The fraction of sp³-hybridized carbons (Fsp3) is 0.625. The summed E-state index contributed by atoms with van der Waals surface area (Å²) in [6.07, 6.45) is 1.27. The zero-order valence-electron chi connectivity index (χ0n) is 12.4. The van der Waals surface area contributed by atoms with Crippen molar-refractivity contribution in [2.75, 3.05) is 13.7 Å². The van der Waals surface area contributed by atoms with E-state index in [2.05, 4.69) is 57.3 Å². The molecular weight excluding hydrogens is 222 g/mol. The predicted octanol–water partition coefficient (Wildman–Crippen LogP) is 3.19. The second-order valence-electron chi connectivity index (χ2n) is 5.30. The van der Waals surface area contributed by atoms with Gasteiger partial charge in [-0.2, -0.15) is 0 Å². The third kappa shape index (κ3) is 4.43. The molecule has 18 heavy (non-hydrogen) atoms. The third-order valence-corrected chi connectivity index (χ3v) is 3.37. The molecule has 0 aliphatic rings. The minimum absolute atomic E-state index is 0.256. The van der Waals surface area contributed by atoms with Crippen LogP contribution >= 0.6 is 0 Å². The molecule has 0 radical (unpaired) electrons. The molecule has 0 aliphatic carbocycles. The van der Waals surface area contributed by atoms with Crippen LogP contribution in [-0.4, -0.2) is 25.8 Å². The van der Waals surface area contributed by atoms with Crippen molar-refractivity contribution in [1.29, 1.82) is 0 Å². The lowest BCUT2D eigenvalue weighted by atomic mass is 9.93. The van der Waals surface area contributed by atoms with Crippen LogP contribution in [0, 0.1) is 12.8 Å². The maximum Gasteiger partial charge on any atom is 0.0750 e. The van der Waals surface area contributed by atoms with Crippen LogP contribution < -0.4 is 5.32 Å². The van der Waals surface area contributed by atoms with Gasteiger partial charge in [-0.05, 0) is 31.4 Å². The minimum atomic E-state index is 0.256. The highest BCUT2D eigenvalue weighted by Gasteiger charge is 2.23. The number of hydrogen-bond donors (Lipinski definition) is 1. The number of hydrogen-bond acceptors (Lipinski definition) is 2. The number of likely N-dealkylation sites (N-methyl/N-ethyl adjacent to an activating group) is 1. The summed E-state index contributed by atoms with van der Waals surface area (Å²) in [6, 6.07) is 9.16.